The summed E-state index contributed by atoms with van der Waals surface area (Å²) in [4.78, 5) is 22.0. The number of benzene rings is 2. The molecular formula is C21H26N3OS2+. The first kappa shape index (κ1) is 19.9. The van der Waals surface area contributed by atoms with E-state index < -0.39 is 0 Å². The van der Waals surface area contributed by atoms with E-state index in [0.717, 1.165) is 33.2 Å². The second kappa shape index (κ2) is 9.35. The maximum Gasteiger partial charge on any atom is 0.239 e. The predicted octanol–water partition coefficient (Wildman–Crippen LogP) is 3.13. The highest BCUT2D eigenvalue weighted by Gasteiger charge is 2.21. The molecule has 3 rings (SSSR count). The van der Waals surface area contributed by atoms with Crippen LogP contribution in [0.2, 0.25) is 0 Å². The Morgan fingerprint density at radius 2 is 1.96 bits per heavy atom. The molecule has 0 fully saturated rings. The number of aryl methyl sites for hydroxylation is 1. The number of aromatic nitrogens is 1. The summed E-state index contributed by atoms with van der Waals surface area (Å²) in [6.07, 6.45) is 1.00. The number of rotatable bonds is 8. The Hall–Kier alpha value is -1.89. The van der Waals surface area contributed by atoms with Gasteiger partial charge in [-0.15, -0.1) is 11.8 Å². The van der Waals surface area contributed by atoms with Gasteiger partial charge in [0, 0.05) is 4.90 Å². The molecular weight excluding hydrogens is 374 g/mol. The van der Waals surface area contributed by atoms with Crippen LogP contribution in [0.1, 0.15) is 12.5 Å². The van der Waals surface area contributed by atoms with Crippen LogP contribution < -0.4 is 9.80 Å². The maximum atomic E-state index is 13.0. The number of fused-ring (bicyclic) bond motifs is 1. The van der Waals surface area contributed by atoms with Gasteiger partial charge in [-0.25, -0.2) is 4.98 Å². The number of anilines is 1. The molecule has 4 nitrogen and oxygen atoms in total. The average molecular weight is 401 g/mol. The molecule has 2 aromatic carbocycles. The molecule has 1 aromatic heterocycles. The summed E-state index contributed by atoms with van der Waals surface area (Å²) in [5, 5.41) is 0.804. The van der Waals surface area contributed by atoms with Crippen molar-refractivity contribution in [2.24, 2.45) is 0 Å². The van der Waals surface area contributed by atoms with E-state index in [9.17, 15) is 4.79 Å². The van der Waals surface area contributed by atoms with Crippen LogP contribution >= 0.6 is 23.1 Å². The fourth-order valence-electron chi connectivity index (χ4n) is 2.69. The number of thiazole rings is 1. The molecule has 27 heavy (non-hydrogen) atoms. The molecule has 3 aromatic rings. The van der Waals surface area contributed by atoms with E-state index >= 15 is 0 Å². The highest BCUT2D eigenvalue weighted by molar-refractivity contribution is 8.00. The van der Waals surface area contributed by atoms with E-state index in [1.54, 1.807) is 23.1 Å². The highest BCUT2D eigenvalue weighted by atomic mass is 32.2. The number of nitrogens with one attached hydrogen (secondary N) is 1. The number of carbonyl (C=O) groups is 1. The molecule has 0 radical (unpaired) electrons. The maximum absolute atomic E-state index is 13.0. The summed E-state index contributed by atoms with van der Waals surface area (Å²) in [6.45, 7) is 3.72. The molecule has 0 spiro atoms. The van der Waals surface area contributed by atoms with Gasteiger partial charge >= 0.3 is 0 Å². The summed E-state index contributed by atoms with van der Waals surface area (Å²) in [6, 6.07) is 16.4. The third-order valence-corrected chi connectivity index (χ3v) is 6.36. The van der Waals surface area contributed by atoms with E-state index in [-0.39, 0.29) is 5.91 Å². The molecule has 1 heterocycles. The van der Waals surface area contributed by atoms with Crippen molar-refractivity contribution >= 4 is 44.4 Å². The van der Waals surface area contributed by atoms with Crippen LogP contribution in [-0.2, 0) is 11.2 Å². The van der Waals surface area contributed by atoms with E-state index in [1.807, 2.05) is 35.2 Å². The largest absolute Gasteiger partial charge is 0.338 e. The van der Waals surface area contributed by atoms with Crippen LogP contribution in [0.25, 0.3) is 10.2 Å². The smallest absolute Gasteiger partial charge is 0.239 e. The van der Waals surface area contributed by atoms with Gasteiger partial charge in [-0.2, -0.15) is 0 Å². The normalized spacial score (nSPS) is 11.3. The SMILES string of the molecule is CCc1ccc2nc(N(CC[NH+](C)C)C(=O)CSc3ccccc3)sc2c1. The van der Waals surface area contributed by atoms with Crippen molar-refractivity contribution in [3.05, 3.63) is 54.1 Å². The number of thioether (sulfide) groups is 1. The summed E-state index contributed by atoms with van der Waals surface area (Å²) in [5.41, 5.74) is 2.27. The van der Waals surface area contributed by atoms with Crippen LogP contribution in [0.4, 0.5) is 5.13 Å². The van der Waals surface area contributed by atoms with Gasteiger partial charge in [0.2, 0.25) is 5.91 Å². The number of hydrogen-bond donors (Lipinski definition) is 1. The van der Waals surface area contributed by atoms with Gasteiger partial charge in [0.05, 0.1) is 43.2 Å². The van der Waals surface area contributed by atoms with Crippen LogP contribution in [0.15, 0.2) is 53.4 Å². The third-order valence-electron chi connectivity index (χ3n) is 4.32. The van der Waals surface area contributed by atoms with Gasteiger partial charge in [0.25, 0.3) is 0 Å². The van der Waals surface area contributed by atoms with Crippen molar-refractivity contribution in [2.75, 3.05) is 37.8 Å². The fraction of sp³-hybridized carbons (Fsp3) is 0.333. The molecule has 0 aliphatic rings. The van der Waals surface area contributed by atoms with Gasteiger partial charge in [-0.1, -0.05) is 42.5 Å². The second-order valence-electron chi connectivity index (χ2n) is 6.76. The van der Waals surface area contributed by atoms with Crippen LogP contribution in [0, 0.1) is 0 Å². The van der Waals surface area contributed by atoms with Gasteiger partial charge in [0.1, 0.15) is 0 Å². The monoisotopic (exact) mass is 400 g/mol. The Balaban J connectivity index is 1.80. The Labute approximate surface area is 169 Å². The van der Waals surface area contributed by atoms with E-state index in [1.165, 1.54) is 10.5 Å². The number of nitrogens with zero attached hydrogens (tertiary/aromatic N) is 2. The minimum Gasteiger partial charge on any atom is -0.338 e. The van der Waals surface area contributed by atoms with Crippen molar-refractivity contribution in [2.45, 2.75) is 18.2 Å². The quantitative estimate of drug-likeness (QED) is 0.591. The number of hydrogen-bond acceptors (Lipinski definition) is 4. The van der Waals surface area contributed by atoms with Crippen molar-refractivity contribution in [1.82, 2.24) is 4.98 Å². The van der Waals surface area contributed by atoms with Gasteiger partial charge in [-0.3, -0.25) is 9.69 Å². The highest BCUT2D eigenvalue weighted by Crippen LogP contribution is 2.30. The summed E-state index contributed by atoms with van der Waals surface area (Å²) >= 11 is 3.19. The Kier molecular flexibility index (Phi) is 6.88. The van der Waals surface area contributed by atoms with Crippen molar-refractivity contribution in [3.63, 3.8) is 0 Å². The molecule has 1 N–H and O–H groups in total. The topological polar surface area (TPSA) is 37.6 Å². The zero-order valence-corrected chi connectivity index (χ0v) is 17.7. The number of likely N-dealkylation sites (N-methyl/N-ethyl adjacent to an activating group) is 1. The minimum absolute atomic E-state index is 0.111. The van der Waals surface area contributed by atoms with Gasteiger partial charge in [0.15, 0.2) is 5.13 Å². The first-order valence-electron chi connectivity index (χ1n) is 9.23. The molecule has 0 unspecified atom stereocenters. The lowest BCUT2D eigenvalue weighted by molar-refractivity contribution is -0.856. The summed E-state index contributed by atoms with van der Waals surface area (Å²) in [7, 11) is 4.21. The predicted molar refractivity (Wildman–Crippen MR) is 116 cm³/mol. The fourth-order valence-corrected chi connectivity index (χ4v) is 4.56. The van der Waals surface area contributed by atoms with Crippen LogP contribution in [0.5, 0.6) is 0 Å². The molecule has 0 atom stereocenters. The van der Waals surface area contributed by atoms with E-state index in [0.29, 0.717) is 12.3 Å². The zero-order chi connectivity index (χ0) is 19.2. The molecule has 0 aliphatic carbocycles. The number of carbonyl (C=O) groups excluding carboxylic acids is 1. The average Bonchev–Trinajstić information content (AvgIpc) is 3.09. The Bertz CT molecular complexity index is 893. The van der Waals surface area contributed by atoms with Crippen molar-refractivity contribution in [3.8, 4) is 0 Å². The molecule has 142 valence electrons. The van der Waals surface area contributed by atoms with E-state index in [4.69, 9.17) is 4.98 Å². The lowest BCUT2D eigenvalue weighted by atomic mass is 10.2. The van der Waals surface area contributed by atoms with Crippen LogP contribution in [-0.4, -0.2) is 43.8 Å². The molecule has 0 saturated carbocycles. The van der Waals surface area contributed by atoms with Gasteiger partial charge in [-0.05, 0) is 36.2 Å². The van der Waals surface area contributed by atoms with Crippen molar-refractivity contribution in [1.29, 1.82) is 0 Å². The summed E-state index contributed by atoms with van der Waals surface area (Å²) < 4.78 is 1.15. The minimum atomic E-state index is 0.111. The number of quaternary nitrogens is 1. The lowest BCUT2D eigenvalue weighted by Gasteiger charge is -2.20. The standard InChI is InChI=1S/C21H25N3OS2/c1-4-16-10-11-18-19(14-16)27-21(22-18)24(13-12-23(2)3)20(25)15-26-17-8-6-5-7-9-17/h5-11,14H,4,12-13,15H2,1-3H3/p+1. The molecule has 0 bridgehead atoms. The van der Waals surface area contributed by atoms with E-state index in [2.05, 4.69) is 39.2 Å². The molecule has 6 heteroatoms. The third kappa shape index (κ3) is 5.31. The van der Waals surface area contributed by atoms with Crippen molar-refractivity contribution < 1.29 is 9.69 Å². The summed E-state index contributed by atoms with van der Waals surface area (Å²) in [5.74, 6) is 0.531. The van der Waals surface area contributed by atoms with Gasteiger partial charge < -0.3 is 4.90 Å². The second-order valence-corrected chi connectivity index (χ2v) is 8.81. The number of amides is 1. The molecule has 1 amide bonds. The first-order chi connectivity index (χ1) is 13.1. The molecule has 0 saturated heterocycles. The van der Waals surface area contributed by atoms with Crippen LogP contribution in [0.3, 0.4) is 0 Å². The zero-order valence-electron chi connectivity index (χ0n) is 16.1. The first-order valence-corrected chi connectivity index (χ1v) is 11.0. The lowest BCUT2D eigenvalue weighted by Crippen LogP contribution is -3.06. The Morgan fingerprint density at radius 1 is 1.19 bits per heavy atom. The molecule has 0 aliphatic heterocycles. The Morgan fingerprint density at radius 3 is 2.67 bits per heavy atom.